The highest BCUT2D eigenvalue weighted by Crippen LogP contribution is 2.10. The molecule has 3 nitrogen and oxygen atoms in total. The molecule has 0 aromatic carbocycles. The molecule has 0 bridgehead atoms. The number of Topliss-reactive ketones (excluding diaryl/α,β-unsaturated/α-hetero) is 1. The van der Waals surface area contributed by atoms with E-state index in [1.807, 2.05) is 13.0 Å². The van der Waals surface area contributed by atoms with Crippen LogP contribution in [0.3, 0.4) is 0 Å². The summed E-state index contributed by atoms with van der Waals surface area (Å²) in [4.78, 5) is 23.8. The van der Waals surface area contributed by atoms with Gasteiger partial charge in [-0.2, -0.15) is 0 Å². The third kappa shape index (κ3) is 4.32. The van der Waals surface area contributed by atoms with Crippen molar-refractivity contribution >= 4 is 11.7 Å². The Balaban J connectivity index is 2.35. The predicted molar refractivity (Wildman–Crippen MR) is 72.5 cm³/mol. The second-order valence-electron chi connectivity index (χ2n) is 4.43. The van der Waals surface area contributed by atoms with E-state index in [2.05, 4.69) is 6.08 Å². The topological polar surface area (TPSA) is 39.1 Å². The number of carbonyl (C=O) groups excluding carboxylic acids is 2. The maximum absolute atomic E-state index is 11.9. The molecule has 1 aromatic heterocycles. The lowest BCUT2D eigenvalue weighted by Crippen LogP contribution is -2.25. The Morgan fingerprint density at radius 3 is 2.50 bits per heavy atom. The van der Waals surface area contributed by atoms with Gasteiger partial charge in [0.25, 0.3) is 0 Å². The van der Waals surface area contributed by atoms with E-state index in [9.17, 15) is 9.59 Å². The molecule has 1 rings (SSSR count). The van der Waals surface area contributed by atoms with E-state index < -0.39 is 5.92 Å². The quantitative estimate of drug-likeness (QED) is 0.420. The van der Waals surface area contributed by atoms with Crippen molar-refractivity contribution in [1.82, 2.24) is 4.57 Å². The van der Waals surface area contributed by atoms with Crippen LogP contribution in [0.5, 0.6) is 0 Å². The Labute approximate surface area is 108 Å². The first kappa shape index (κ1) is 14.4. The molecular formula is C15H21NO2. The maximum atomic E-state index is 11.9. The summed E-state index contributed by atoms with van der Waals surface area (Å²) in [6.45, 7) is 3.68. The van der Waals surface area contributed by atoms with Crippen LogP contribution in [0.15, 0.2) is 36.7 Å². The number of unbranched alkanes of at least 4 members (excludes halogenated alkanes) is 2. The Bertz CT molecular complexity index is 404. The average molecular weight is 247 g/mol. The summed E-state index contributed by atoms with van der Waals surface area (Å²) in [5, 5.41) is 0. The Hall–Kier alpha value is -1.64. The average Bonchev–Trinajstić information content (AvgIpc) is 2.90. The summed E-state index contributed by atoms with van der Waals surface area (Å²) < 4.78 is 1.47. The van der Waals surface area contributed by atoms with Gasteiger partial charge in [0.1, 0.15) is 5.78 Å². The zero-order chi connectivity index (χ0) is 13.4. The number of hydrogen-bond acceptors (Lipinski definition) is 2. The Morgan fingerprint density at radius 2 is 1.89 bits per heavy atom. The Morgan fingerprint density at radius 1 is 1.22 bits per heavy atom. The van der Waals surface area contributed by atoms with Crippen molar-refractivity contribution in [1.29, 1.82) is 0 Å². The number of nitrogens with zero attached hydrogens (tertiary/aromatic N) is 1. The molecule has 0 aliphatic rings. The molecule has 0 saturated heterocycles. The molecule has 0 saturated carbocycles. The van der Waals surface area contributed by atoms with Crippen molar-refractivity contribution in [2.45, 2.75) is 39.5 Å². The van der Waals surface area contributed by atoms with Gasteiger partial charge in [-0.15, -0.1) is 0 Å². The van der Waals surface area contributed by atoms with Crippen LogP contribution in [-0.2, 0) is 4.79 Å². The minimum absolute atomic E-state index is 0.0363. The first-order valence-electron chi connectivity index (χ1n) is 6.48. The highest BCUT2D eigenvalue weighted by atomic mass is 16.2. The van der Waals surface area contributed by atoms with Crippen LogP contribution in [0.2, 0.25) is 0 Å². The van der Waals surface area contributed by atoms with E-state index in [4.69, 9.17) is 0 Å². The van der Waals surface area contributed by atoms with Gasteiger partial charge in [-0.05, 0) is 45.2 Å². The van der Waals surface area contributed by atoms with Gasteiger partial charge in [0.2, 0.25) is 5.91 Å². The largest absolute Gasteiger partial charge is 0.299 e. The normalized spacial score (nSPS) is 12.8. The fourth-order valence-electron chi connectivity index (χ4n) is 1.79. The summed E-state index contributed by atoms with van der Waals surface area (Å²) >= 11 is 0. The third-order valence-corrected chi connectivity index (χ3v) is 2.99. The SMILES string of the molecule is C/C=C/CCCCC(=O)[C@@H](C)C(=O)n1cccc1. The van der Waals surface area contributed by atoms with Crippen molar-refractivity contribution in [3.63, 3.8) is 0 Å². The van der Waals surface area contributed by atoms with Gasteiger partial charge in [-0.3, -0.25) is 14.2 Å². The van der Waals surface area contributed by atoms with Gasteiger partial charge >= 0.3 is 0 Å². The molecule has 98 valence electrons. The Kier molecular flexibility index (Phi) is 6.12. The van der Waals surface area contributed by atoms with E-state index in [1.165, 1.54) is 4.57 Å². The van der Waals surface area contributed by atoms with Crippen LogP contribution in [0.25, 0.3) is 0 Å². The lowest BCUT2D eigenvalue weighted by molar-refractivity contribution is -0.121. The molecule has 1 heterocycles. The van der Waals surface area contributed by atoms with Crippen LogP contribution in [0.1, 0.15) is 44.3 Å². The first-order chi connectivity index (χ1) is 8.66. The summed E-state index contributed by atoms with van der Waals surface area (Å²) in [6.07, 6.45) is 10.8. The number of carbonyl (C=O) groups is 2. The standard InChI is InChI=1S/C15H21NO2/c1-3-4-5-6-7-10-14(17)13(2)15(18)16-11-8-9-12-16/h3-4,8-9,11-13H,5-7,10H2,1-2H3/b4-3+/t13-/m1/s1. The van der Waals surface area contributed by atoms with Crippen molar-refractivity contribution in [2.75, 3.05) is 0 Å². The second kappa shape index (κ2) is 7.64. The van der Waals surface area contributed by atoms with Crippen molar-refractivity contribution in [3.8, 4) is 0 Å². The number of rotatable bonds is 7. The molecule has 0 spiro atoms. The molecule has 1 aromatic rings. The minimum atomic E-state index is -0.542. The fraction of sp³-hybridized carbons (Fsp3) is 0.467. The van der Waals surface area contributed by atoms with E-state index >= 15 is 0 Å². The van der Waals surface area contributed by atoms with Gasteiger partial charge in [-0.1, -0.05) is 12.2 Å². The lowest BCUT2D eigenvalue weighted by Gasteiger charge is -2.09. The van der Waals surface area contributed by atoms with Gasteiger partial charge in [-0.25, -0.2) is 0 Å². The molecule has 0 aliphatic carbocycles. The summed E-state index contributed by atoms with van der Waals surface area (Å²) in [6, 6.07) is 3.57. The number of allylic oxidation sites excluding steroid dienone is 2. The van der Waals surface area contributed by atoms with Crippen molar-refractivity contribution in [3.05, 3.63) is 36.7 Å². The van der Waals surface area contributed by atoms with Gasteiger partial charge in [0.05, 0.1) is 5.92 Å². The molecule has 0 unspecified atom stereocenters. The van der Waals surface area contributed by atoms with Crippen LogP contribution in [0.4, 0.5) is 0 Å². The number of ketones is 1. The van der Waals surface area contributed by atoms with Crippen LogP contribution in [-0.4, -0.2) is 16.3 Å². The predicted octanol–water partition coefficient (Wildman–Crippen LogP) is 3.47. The summed E-state index contributed by atoms with van der Waals surface area (Å²) in [5.74, 6) is -0.647. The third-order valence-electron chi connectivity index (χ3n) is 2.99. The fourth-order valence-corrected chi connectivity index (χ4v) is 1.79. The van der Waals surface area contributed by atoms with Crippen LogP contribution in [0, 0.1) is 5.92 Å². The molecular weight excluding hydrogens is 226 g/mol. The molecule has 1 atom stereocenters. The zero-order valence-corrected chi connectivity index (χ0v) is 11.1. The second-order valence-corrected chi connectivity index (χ2v) is 4.43. The van der Waals surface area contributed by atoms with Crippen molar-refractivity contribution < 1.29 is 9.59 Å². The van der Waals surface area contributed by atoms with Gasteiger partial charge < -0.3 is 0 Å². The van der Waals surface area contributed by atoms with E-state index in [-0.39, 0.29) is 11.7 Å². The highest BCUT2D eigenvalue weighted by molar-refractivity contribution is 6.01. The van der Waals surface area contributed by atoms with E-state index in [1.54, 1.807) is 31.5 Å². The van der Waals surface area contributed by atoms with Crippen LogP contribution < -0.4 is 0 Å². The van der Waals surface area contributed by atoms with Gasteiger partial charge in [0.15, 0.2) is 0 Å². The van der Waals surface area contributed by atoms with E-state index in [0.717, 1.165) is 19.3 Å². The molecule has 0 amide bonds. The van der Waals surface area contributed by atoms with Crippen molar-refractivity contribution in [2.24, 2.45) is 5.92 Å². The molecule has 0 radical (unpaired) electrons. The molecule has 18 heavy (non-hydrogen) atoms. The zero-order valence-electron chi connectivity index (χ0n) is 11.1. The highest BCUT2D eigenvalue weighted by Gasteiger charge is 2.21. The molecule has 3 heteroatoms. The molecule has 0 N–H and O–H groups in total. The maximum Gasteiger partial charge on any atom is 0.240 e. The van der Waals surface area contributed by atoms with Crippen LogP contribution >= 0.6 is 0 Å². The summed E-state index contributed by atoms with van der Waals surface area (Å²) in [7, 11) is 0. The number of hydrogen-bond donors (Lipinski definition) is 0. The summed E-state index contributed by atoms with van der Waals surface area (Å²) in [5.41, 5.74) is 0. The molecule has 0 fully saturated rings. The number of aromatic nitrogens is 1. The lowest BCUT2D eigenvalue weighted by atomic mass is 10.00. The van der Waals surface area contributed by atoms with Gasteiger partial charge in [0, 0.05) is 18.8 Å². The smallest absolute Gasteiger partial charge is 0.240 e. The minimum Gasteiger partial charge on any atom is -0.299 e. The monoisotopic (exact) mass is 247 g/mol. The molecule has 0 aliphatic heterocycles. The van der Waals surface area contributed by atoms with E-state index in [0.29, 0.717) is 6.42 Å². The first-order valence-corrected chi connectivity index (χ1v) is 6.48.